The highest BCUT2D eigenvalue weighted by atomic mass is 19.0. The van der Waals surface area contributed by atoms with Crippen molar-refractivity contribution in [3.63, 3.8) is 0 Å². The molecule has 0 aliphatic heterocycles. The second-order valence-electron chi connectivity index (χ2n) is 0.129. The average Bonchev–Trinajstić information content (AvgIpc) is 0.918. The Morgan fingerprint density at radius 1 is 1.75 bits per heavy atom. The summed E-state index contributed by atoms with van der Waals surface area (Å²) in [6, 6.07) is 0. The largest absolute Gasteiger partial charge is 0.337 e. The van der Waals surface area contributed by atoms with Gasteiger partial charge in [0.05, 0.1) is 0 Å². The maximum Gasteiger partial charge on any atom is 0.173 e. The van der Waals surface area contributed by atoms with Crippen molar-refractivity contribution in [2.75, 3.05) is 0 Å². The molecule has 0 aromatic heterocycles. The van der Waals surface area contributed by atoms with Crippen LogP contribution >= 0.6 is 0 Å². The van der Waals surface area contributed by atoms with Gasteiger partial charge in [0.15, 0.2) is 6.19 Å². The normalized spacial score (nSPS) is 1.75. The first-order chi connectivity index (χ1) is 1.41. The van der Waals surface area contributed by atoms with Crippen molar-refractivity contribution in [3.05, 3.63) is 0 Å². The van der Waals surface area contributed by atoms with E-state index in [2.05, 4.69) is 5.73 Å². The minimum atomic E-state index is 0. The number of hydrogen-bond acceptors (Lipinski definition) is 2. The monoisotopic (exact) mass is 62.0 g/mol. The van der Waals surface area contributed by atoms with Crippen LogP contribution in [0.5, 0.6) is 0 Å². The van der Waals surface area contributed by atoms with Gasteiger partial charge >= 0.3 is 0 Å². The summed E-state index contributed by atoms with van der Waals surface area (Å²) in [5, 5.41) is 7.10. The number of halogens is 1. The fourth-order valence-electron chi connectivity index (χ4n) is 0. The highest BCUT2D eigenvalue weighted by Crippen LogP contribution is 0.900. The minimum absolute atomic E-state index is 0. The maximum atomic E-state index is 7.10. The Hall–Kier alpha value is -0.780. The Balaban J connectivity index is 0. The molecule has 0 aromatic carbocycles. The number of rotatable bonds is 0. The summed E-state index contributed by atoms with van der Waals surface area (Å²) in [7, 11) is 0. The van der Waals surface area contributed by atoms with E-state index in [0.717, 1.165) is 0 Å². The number of nitrogens with zero attached hydrogens (tertiary/aromatic N) is 1. The second kappa shape index (κ2) is 68.3. The maximum absolute atomic E-state index is 7.10. The Bertz CT molecular complexity index is 27.5. The third-order valence-electron chi connectivity index (χ3n) is 0. The van der Waals surface area contributed by atoms with Gasteiger partial charge in [0, 0.05) is 0 Å². The van der Waals surface area contributed by atoms with Gasteiger partial charge < -0.3 is 5.73 Å². The lowest BCUT2D eigenvalue weighted by atomic mass is 11.5. The second-order valence-corrected chi connectivity index (χ2v) is 0.129. The zero-order valence-corrected chi connectivity index (χ0v) is 1.93. The molecule has 0 saturated heterocycles. The molecular formula is CH3FN2. The first-order valence-electron chi connectivity index (χ1n) is 0.512. The van der Waals surface area contributed by atoms with Crippen LogP contribution in [-0.2, 0) is 0 Å². The Labute approximate surface area is 23.2 Å². The van der Waals surface area contributed by atoms with Gasteiger partial charge in [0.2, 0.25) is 0 Å². The fourth-order valence-corrected chi connectivity index (χ4v) is 0. The van der Waals surface area contributed by atoms with Crippen LogP contribution in [0.4, 0.5) is 4.70 Å². The molecular weight excluding hydrogens is 59.0 g/mol. The highest BCUT2D eigenvalue weighted by molar-refractivity contribution is 4.46. The fraction of sp³-hybridized carbons (Fsp3) is 0. The third kappa shape index (κ3) is 0.0971. The van der Waals surface area contributed by atoms with E-state index in [9.17, 15) is 0 Å². The van der Waals surface area contributed by atoms with E-state index in [1.165, 1.54) is 6.19 Å². The van der Waals surface area contributed by atoms with E-state index in [4.69, 9.17) is 5.26 Å². The molecule has 0 amide bonds. The molecule has 0 aliphatic rings. The van der Waals surface area contributed by atoms with Gasteiger partial charge in [0.25, 0.3) is 0 Å². The van der Waals surface area contributed by atoms with Crippen LogP contribution in [-0.4, -0.2) is 0 Å². The first kappa shape index (κ1) is 10.7. The number of hydrogen-bond donors (Lipinski definition) is 1. The summed E-state index contributed by atoms with van der Waals surface area (Å²) in [5.41, 5.74) is 4.15. The van der Waals surface area contributed by atoms with Gasteiger partial charge in [-0.25, -0.2) is 0 Å². The summed E-state index contributed by atoms with van der Waals surface area (Å²) in [6.07, 6.45) is 1.25. The molecule has 0 spiro atoms. The van der Waals surface area contributed by atoms with Crippen molar-refractivity contribution < 1.29 is 4.70 Å². The van der Waals surface area contributed by atoms with E-state index in [0.29, 0.717) is 0 Å². The molecule has 2 N–H and O–H groups in total. The molecule has 0 atom stereocenters. The van der Waals surface area contributed by atoms with Gasteiger partial charge in [0.1, 0.15) is 0 Å². The molecule has 4 heavy (non-hydrogen) atoms. The van der Waals surface area contributed by atoms with Crippen molar-refractivity contribution in [2.24, 2.45) is 5.73 Å². The molecule has 0 rings (SSSR count). The topological polar surface area (TPSA) is 49.8 Å². The smallest absolute Gasteiger partial charge is 0.173 e. The van der Waals surface area contributed by atoms with Crippen LogP contribution in [0.3, 0.4) is 0 Å². The summed E-state index contributed by atoms with van der Waals surface area (Å²) in [6.45, 7) is 0. The lowest BCUT2D eigenvalue weighted by molar-refractivity contribution is 1.11. The lowest BCUT2D eigenvalue weighted by Gasteiger charge is -1.24. The van der Waals surface area contributed by atoms with Crippen LogP contribution in [0.2, 0.25) is 0 Å². The van der Waals surface area contributed by atoms with E-state index in [1.54, 1.807) is 0 Å². The predicted octanol–water partition coefficient (Wildman–Crippen LogP) is -0.421. The lowest BCUT2D eigenvalue weighted by Crippen LogP contribution is -1.69. The van der Waals surface area contributed by atoms with Gasteiger partial charge in [-0.1, -0.05) is 0 Å². The van der Waals surface area contributed by atoms with Gasteiger partial charge in [-0.05, 0) is 0 Å². The van der Waals surface area contributed by atoms with E-state index in [-0.39, 0.29) is 4.70 Å². The molecule has 2 nitrogen and oxygen atoms in total. The van der Waals surface area contributed by atoms with Crippen molar-refractivity contribution in [1.82, 2.24) is 0 Å². The molecule has 0 unspecified atom stereocenters. The summed E-state index contributed by atoms with van der Waals surface area (Å²) >= 11 is 0. The molecule has 0 bridgehead atoms. The van der Waals surface area contributed by atoms with Crippen LogP contribution < -0.4 is 5.73 Å². The molecule has 0 aromatic rings. The third-order valence-corrected chi connectivity index (χ3v) is 0. The van der Waals surface area contributed by atoms with Gasteiger partial charge in [-0.2, -0.15) is 5.26 Å². The zero-order chi connectivity index (χ0) is 2.71. The molecule has 0 saturated carbocycles. The van der Waals surface area contributed by atoms with Crippen LogP contribution in [0.15, 0.2) is 0 Å². The van der Waals surface area contributed by atoms with Crippen LogP contribution in [0.1, 0.15) is 0 Å². The summed E-state index contributed by atoms with van der Waals surface area (Å²) in [5.74, 6) is 0. The van der Waals surface area contributed by atoms with E-state index >= 15 is 0 Å². The van der Waals surface area contributed by atoms with Gasteiger partial charge in [-0.3, -0.25) is 4.70 Å². The van der Waals surface area contributed by atoms with Crippen molar-refractivity contribution in [1.29, 1.82) is 5.26 Å². The van der Waals surface area contributed by atoms with Crippen molar-refractivity contribution in [3.8, 4) is 6.19 Å². The van der Waals surface area contributed by atoms with Crippen molar-refractivity contribution in [2.45, 2.75) is 0 Å². The molecule has 0 radical (unpaired) electrons. The molecule has 0 heterocycles. The summed E-state index contributed by atoms with van der Waals surface area (Å²) in [4.78, 5) is 0. The van der Waals surface area contributed by atoms with Crippen LogP contribution in [0, 0.1) is 11.5 Å². The Kier molecular flexibility index (Phi) is 182. The first-order valence-corrected chi connectivity index (χ1v) is 0.512. The molecule has 0 aliphatic carbocycles. The van der Waals surface area contributed by atoms with Gasteiger partial charge in [-0.15, -0.1) is 0 Å². The molecule has 3 heteroatoms. The Morgan fingerprint density at radius 3 is 1.75 bits per heavy atom. The standard InChI is InChI=1S/CH2N2.FH/c2-1-3;/h2H2;1H. The van der Waals surface area contributed by atoms with E-state index < -0.39 is 0 Å². The number of nitrogens with two attached hydrogens (primary N) is 1. The average molecular weight is 62.0 g/mol. The summed E-state index contributed by atoms with van der Waals surface area (Å²) < 4.78 is 0. The minimum Gasteiger partial charge on any atom is -0.337 e. The zero-order valence-electron chi connectivity index (χ0n) is 1.93. The quantitative estimate of drug-likeness (QED) is 0.306. The predicted molar refractivity (Wildman–Crippen MR) is 12.3 cm³/mol. The molecule has 0 fully saturated rings. The van der Waals surface area contributed by atoms with Crippen molar-refractivity contribution >= 4 is 0 Å². The number of nitriles is 1. The SMILES string of the molecule is F.N#CN. The highest BCUT2D eigenvalue weighted by Gasteiger charge is 1.12. The van der Waals surface area contributed by atoms with E-state index in [1.807, 2.05) is 0 Å². The van der Waals surface area contributed by atoms with Crippen LogP contribution in [0.25, 0.3) is 0 Å². The Morgan fingerprint density at radius 2 is 1.75 bits per heavy atom. The molecule has 24 valence electrons.